The van der Waals surface area contributed by atoms with Crippen molar-refractivity contribution < 1.29 is 13.9 Å². The van der Waals surface area contributed by atoms with E-state index in [0.29, 0.717) is 22.1 Å². The summed E-state index contributed by atoms with van der Waals surface area (Å²) in [6.45, 7) is 5.88. The van der Waals surface area contributed by atoms with E-state index in [0.717, 1.165) is 24.2 Å². The van der Waals surface area contributed by atoms with Gasteiger partial charge in [0.25, 0.3) is 0 Å². The van der Waals surface area contributed by atoms with Crippen molar-refractivity contribution in [3.63, 3.8) is 0 Å². The van der Waals surface area contributed by atoms with Crippen LogP contribution < -0.4 is 16.2 Å². The lowest BCUT2D eigenvalue weighted by atomic mass is 10.1. The van der Waals surface area contributed by atoms with E-state index in [9.17, 15) is 14.7 Å². The highest BCUT2D eigenvalue weighted by Crippen LogP contribution is 2.24. The summed E-state index contributed by atoms with van der Waals surface area (Å²) >= 11 is 0. The third kappa shape index (κ3) is 3.72. The largest absolute Gasteiger partial charge is 0.508 e. The molecule has 0 fully saturated rings. The molecule has 2 aromatic heterocycles. The number of nitrogens with zero attached hydrogens (tertiary/aromatic N) is 1. The predicted molar refractivity (Wildman–Crippen MR) is 119 cm³/mol. The van der Waals surface area contributed by atoms with Crippen LogP contribution in [0.5, 0.6) is 5.75 Å². The van der Waals surface area contributed by atoms with Crippen LogP contribution >= 0.6 is 0 Å². The smallest absolute Gasteiger partial charge is 0.343 e. The lowest BCUT2D eigenvalue weighted by molar-refractivity contribution is 0.473. The number of hydrogen-bond acceptors (Lipinski definition) is 6. The van der Waals surface area contributed by atoms with Crippen molar-refractivity contribution in [1.29, 1.82) is 0 Å². The first kappa shape index (κ1) is 19.5. The monoisotopic (exact) mass is 403 g/mol. The summed E-state index contributed by atoms with van der Waals surface area (Å²) in [6, 6.07) is 13.5. The van der Waals surface area contributed by atoms with E-state index in [1.54, 1.807) is 24.3 Å². The molecule has 0 aliphatic rings. The number of aromatic hydroxyl groups is 1. The average Bonchev–Trinajstić information content (AvgIpc) is 2.72. The average molecular weight is 403 g/mol. The Bertz CT molecular complexity index is 1380. The fourth-order valence-corrected chi connectivity index (χ4v) is 3.51. The van der Waals surface area contributed by atoms with Crippen LogP contribution in [-0.4, -0.2) is 18.2 Å². The number of benzene rings is 2. The summed E-state index contributed by atoms with van der Waals surface area (Å²) in [7, 11) is 0. The van der Waals surface area contributed by atoms with Gasteiger partial charge in [-0.25, -0.2) is 9.59 Å². The van der Waals surface area contributed by atoms with Gasteiger partial charge in [-0.15, -0.1) is 0 Å². The molecule has 1 N–H and O–H groups in total. The molecular weight excluding hydrogens is 382 g/mol. The Hall–Kier alpha value is -3.80. The summed E-state index contributed by atoms with van der Waals surface area (Å²) < 4.78 is 10.7. The van der Waals surface area contributed by atoms with E-state index in [4.69, 9.17) is 8.83 Å². The number of fused-ring (bicyclic) bond motifs is 2. The topological polar surface area (TPSA) is 83.9 Å². The maximum atomic E-state index is 12.5. The minimum absolute atomic E-state index is 0.00559. The third-order valence-electron chi connectivity index (χ3n) is 5.08. The Balaban J connectivity index is 1.76. The van der Waals surface area contributed by atoms with Gasteiger partial charge < -0.3 is 18.8 Å². The van der Waals surface area contributed by atoms with E-state index in [2.05, 4.69) is 18.7 Å². The second kappa shape index (κ2) is 7.91. The fraction of sp³-hybridized carbons (Fsp3) is 0.167. The minimum atomic E-state index is -0.540. The van der Waals surface area contributed by atoms with Crippen LogP contribution in [0.4, 0.5) is 5.69 Å². The molecule has 0 amide bonds. The second-order valence-electron chi connectivity index (χ2n) is 6.92. The molecule has 0 bridgehead atoms. The standard InChI is InChI=1S/C24H21NO5/c1-3-25(4-2)18-8-7-16-11-17(24(28)30-21(16)13-18)6-5-15-12-23(27)29-22-14-19(26)9-10-20(15)22/h5-14,26H,3-4H2,1-2H3/b6-5+. The maximum absolute atomic E-state index is 12.5. The third-order valence-corrected chi connectivity index (χ3v) is 5.08. The maximum Gasteiger partial charge on any atom is 0.343 e. The van der Waals surface area contributed by atoms with Crippen molar-refractivity contribution in [3.05, 3.63) is 80.5 Å². The first-order valence-corrected chi connectivity index (χ1v) is 9.76. The first-order chi connectivity index (χ1) is 14.5. The molecule has 0 atom stereocenters. The molecular formula is C24H21NO5. The van der Waals surface area contributed by atoms with Gasteiger partial charge in [0.2, 0.25) is 0 Å². The molecule has 30 heavy (non-hydrogen) atoms. The normalized spacial score (nSPS) is 11.5. The molecule has 6 nitrogen and oxygen atoms in total. The van der Waals surface area contributed by atoms with Gasteiger partial charge in [0.1, 0.15) is 16.9 Å². The Labute approximate surface area is 172 Å². The number of anilines is 1. The number of rotatable bonds is 5. The minimum Gasteiger partial charge on any atom is -0.508 e. The molecule has 0 radical (unpaired) electrons. The molecule has 0 saturated carbocycles. The quantitative estimate of drug-likeness (QED) is 0.490. The Morgan fingerprint density at radius 1 is 0.867 bits per heavy atom. The van der Waals surface area contributed by atoms with Gasteiger partial charge in [-0.2, -0.15) is 0 Å². The van der Waals surface area contributed by atoms with Crippen molar-refractivity contribution in [2.24, 2.45) is 0 Å². The summed E-state index contributed by atoms with van der Waals surface area (Å²) in [6.07, 6.45) is 3.28. The molecule has 2 aromatic carbocycles. The van der Waals surface area contributed by atoms with E-state index in [-0.39, 0.29) is 11.3 Å². The molecule has 6 heteroatoms. The van der Waals surface area contributed by atoms with Crippen LogP contribution in [0.3, 0.4) is 0 Å². The Morgan fingerprint density at radius 2 is 1.63 bits per heavy atom. The molecule has 0 unspecified atom stereocenters. The van der Waals surface area contributed by atoms with Crippen molar-refractivity contribution in [1.82, 2.24) is 0 Å². The molecule has 0 spiro atoms. The lowest BCUT2D eigenvalue weighted by Gasteiger charge is -2.20. The van der Waals surface area contributed by atoms with Crippen LogP contribution in [0.25, 0.3) is 34.1 Å². The van der Waals surface area contributed by atoms with Gasteiger partial charge in [-0.1, -0.05) is 6.08 Å². The van der Waals surface area contributed by atoms with Gasteiger partial charge in [-0.3, -0.25) is 0 Å². The molecule has 0 aliphatic carbocycles. The van der Waals surface area contributed by atoms with Crippen LogP contribution in [0.2, 0.25) is 0 Å². The Morgan fingerprint density at radius 3 is 2.40 bits per heavy atom. The van der Waals surface area contributed by atoms with Crippen LogP contribution in [0.1, 0.15) is 25.0 Å². The molecule has 0 aliphatic heterocycles. The first-order valence-electron chi connectivity index (χ1n) is 9.76. The molecule has 0 saturated heterocycles. The van der Waals surface area contributed by atoms with Gasteiger partial charge in [0.15, 0.2) is 0 Å². The second-order valence-corrected chi connectivity index (χ2v) is 6.92. The zero-order valence-corrected chi connectivity index (χ0v) is 16.7. The highest BCUT2D eigenvalue weighted by Gasteiger charge is 2.08. The number of hydrogen-bond donors (Lipinski definition) is 1. The number of phenolic OH excluding ortho intramolecular Hbond substituents is 1. The molecule has 4 aromatic rings. The summed E-state index contributed by atoms with van der Waals surface area (Å²) in [5.74, 6) is 0.00559. The predicted octanol–water partition coefficient (Wildman–Crippen LogP) is 4.62. The lowest BCUT2D eigenvalue weighted by Crippen LogP contribution is -2.21. The van der Waals surface area contributed by atoms with Gasteiger partial charge >= 0.3 is 11.3 Å². The van der Waals surface area contributed by atoms with Crippen molar-refractivity contribution in [2.75, 3.05) is 18.0 Å². The van der Waals surface area contributed by atoms with Crippen LogP contribution in [0, 0.1) is 0 Å². The molecule has 4 rings (SSSR count). The highest BCUT2D eigenvalue weighted by molar-refractivity contribution is 5.90. The summed E-state index contributed by atoms with van der Waals surface area (Å²) in [5.41, 5.74) is 1.77. The van der Waals surface area contributed by atoms with E-state index >= 15 is 0 Å². The van der Waals surface area contributed by atoms with Gasteiger partial charge in [-0.05, 0) is 55.8 Å². The summed E-state index contributed by atoms with van der Waals surface area (Å²) in [4.78, 5) is 26.5. The number of phenols is 1. The van der Waals surface area contributed by atoms with Crippen LogP contribution in [-0.2, 0) is 0 Å². The van der Waals surface area contributed by atoms with Gasteiger partial charge in [0.05, 0.1) is 5.56 Å². The SMILES string of the molecule is CCN(CC)c1ccc2cc(/C=C/c3cc(=O)oc4cc(O)ccc34)c(=O)oc2c1. The van der Waals surface area contributed by atoms with Crippen LogP contribution in [0.15, 0.2) is 67.0 Å². The zero-order valence-electron chi connectivity index (χ0n) is 16.7. The van der Waals surface area contributed by atoms with E-state index < -0.39 is 11.3 Å². The molecule has 2 heterocycles. The zero-order chi connectivity index (χ0) is 21.3. The van der Waals surface area contributed by atoms with Crippen molar-refractivity contribution in [2.45, 2.75) is 13.8 Å². The Kier molecular flexibility index (Phi) is 5.14. The van der Waals surface area contributed by atoms with Crippen molar-refractivity contribution in [3.8, 4) is 5.75 Å². The fourth-order valence-electron chi connectivity index (χ4n) is 3.51. The van der Waals surface area contributed by atoms with Gasteiger partial charge in [0, 0.05) is 47.7 Å². The summed E-state index contributed by atoms with van der Waals surface area (Å²) in [5, 5.41) is 11.1. The molecule has 152 valence electrons. The van der Waals surface area contributed by atoms with E-state index in [1.807, 2.05) is 18.2 Å². The van der Waals surface area contributed by atoms with E-state index in [1.165, 1.54) is 18.2 Å². The highest BCUT2D eigenvalue weighted by atomic mass is 16.4. The van der Waals surface area contributed by atoms with Crippen molar-refractivity contribution >= 4 is 39.8 Å².